The molecule has 0 fully saturated rings. The van der Waals surface area contributed by atoms with E-state index >= 15 is 0 Å². The molecule has 4 aromatic rings. The van der Waals surface area contributed by atoms with Crippen molar-refractivity contribution in [1.82, 2.24) is 5.43 Å². The Morgan fingerprint density at radius 3 is 2.44 bits per heavy atom. The van der Waals surface area contributed by atoms with E-state index in [9.17, 15) is 9.59 Å². The van der Waals surface area contributed by atoms with Crippen molar-refractivity contribution in [1.29, 1.82) is 0 Å². The summed E-state index contributed by atoms with van der Waals surface area (Å²) in [6.07, 6.45) is 1.29. The Bertz CT molecular complexity index is 1420. The van der Waals surface area contributed by atoms with Crippen molar-refractivity contribution in [2.75, 3.05) is 0 Å². The predicted molar refractivity (Wildman–Crippen MR) is 145 cm³/mol. The number of carbonyl (C=O) groups excluding carboxylic acids is 2. The SMILES string of the molecule is CC[C@H](Oc1ccc2ccccc2c1Br)C(=O)N/N=C\c1ccc(OC(=O)c2ccccc2C)cc1. The van der Waals surface area contributed by atoms with Crippen LogP contribution in [0.2, 0.25) is 0 Å². The number of carbonyl (C=O) groups is 2. The Hall–Kier alpha value is -3.97. The molecule has 0 bridgehead atoms. The van der Waals surface area contributed by atoms with Crippen molar-refractivity contribution in [3.05, 3.63) is 106 Å². The zero-order chi connectivity index (χ0) is 25.5. The Labute approximate surface area is 218 Å². The number of esters is 1. The van der Waals surface area contributed by atoms with E-state index in [-0.39, 0.29) is 5.91 Å². The molecule has 182 valence electrons. The van der Waals surface area contributed by atoms with Gasteiger partial charge < -0.3 is 9.47 Å². The molecule has 1 atom stereocenters. The molecule has 1 N–H and O–H groups in total. The summed E-state index contributed by atoms with van der Waals surface area (Å²) in [4.78, 5) is 25.0. The summed E-state index contributed by atoms with van der Waals surface area (Å²) >= 11 is 3.59. The van der Waals surface area contributed by atoms with Crippen LogP contribution in [0.25, 0.3) is 10.8 Å². The smallest absolute Gasteiger partial charge is 0.343 e. The number of fused-ring (bicyclic) bond motifs is 1. The molecule has 1 amide bonds. The average molecular weight is 545 g/mol. The summed E-state index contributed by atoms with van der Waals surface area (Å²) in [6, 6.07) is 25.8. The predicted octanol–water partition coefficient (Wildman–Crippen LogP) is 6.44. The Morgan fingerprint density at radius 1 is 0.972 bits per heavy atom. The van der Waals surface area contributed by atoms with E-state index < -0.39 is 12.1 Å². The number of benzene rings is 4. The third kappa shape index (κ3) is 5.98. The normalized spacial score (nSPS) is 11.9. The molecule has 4 aromatic carbocycles. The largest absolute Gasteiger partial charge is 0.479 e. The molecular weight excluding hydrogens is 520 g/mol. The van der Waals surface area contributed by atoms with E-state index in [0.29, 0.717) is 23.5 Å². The van der Waals surface area contributed by atoms with E-state index in [0.717, 1.165) is 26.4 Å². The van der Waals surface area contributed by atoms with Crippen LogP contribution >= 0.6 is 15.9 Å². The van der Waals surface area contributed by atoms with Crippen LogP contribution in [0.4, 0.5) is 0 Å². The summed E-state index contributed by atoms with van der Waals surface area (Å²) in [7, 11) is 0. The molecule has 0 aromatic heterocycles. The van der Waals surface area contributed by atoms with Crippen LogP contribution in [0.5, 0.6) is 11.5 Å². The minimum Gasteiger partial charge on any atom is -0.479 e. The molecule has 0 aliphatic carbocycles. The minimum absolute atomic E-state index is 0.349. The summed E-state index contributed by atoms with van der Waals surface area (Å²) in [5.74, 6) is 0.253. The number of ether oxygens (including phenoxy) is 2. The number of hydrogen-bond acceptors (Lipinski definition) is 5. The van der Waals surface area contributed by atoms with Gasteiger partial charge in [0.15, 0.2) is 6.10 Å². The van der Waals surface area contributed by atoms with Crippen molar-refractivity contribution in [2.24, 2.45) is 5.10 Å². The molecule has 0 saturated carbocycles. The highest BCUT2D eigenvalue weighted by Crippen LogP contribution is 2.33. The Balaban J connectivity index is 1.34. The molecule has 0 radical (unpaired) electrons. The Morgan fingerprint density at radius 2 is 1.69 bits per heavy atom. The fourth-order valence-electron chi connectivity index (χ4n) is 3.61. The van der Waals surface area contributed by atoms with E-state index in [1.807, 2.05) is 62.4 Å². The van der Waals surface area contributed by atoms with Gasteiger partial charge in [-0.25, -0.2) is 10.2 Å². The number of amides is 1. The zero-order valence-electron chi connectivity index (χ0n) is 19.9. The summed E-state index contributed by atoms with van der Waals surface area (Å²) < 4.78 is 12.2. The quantitative estimate of drug-likeness (QED) is 0.120. The van der Waals surface area contributed by atoms with Gasteiger partial charge in [0.25, 0.3) is 5.91 Å². The fraction of sp³-hybridized carbons (Fsp3) is 0.138. The molecule has 36 heavy (non-hydrogen) atoms. The monoisotopic (exact) mass is 544 g/mol. The Kier molecular flexibility index (Phi) is 8.13. The van der Waals surface area contributed by atoms with Crippen LogP contribution in [0.15, 0.2) is 94.5 Å². The molecule has 7 heteroatoms. The lowest BCUT2D eigenvalue weighted by molar-refractivity contribution is -0.128. The highest BCUT2D eigenvalue weighted by atomic mass is 79.9. The first-order valence-corrected chi connectivity index (χ1v) is 12.3. The summed E-state index contributed by atoms with van der Waals surface area (Å²) in [5, 5.41) is 6.14. The second-order valence-corrected chi connectivity index (χ2v) is 8.91. The number of hydrogen-bond donors (Lipinski definition) is 1. The van der Waals surface area contributed by atoms with Crippen LogP contribution in [-0.4, -0.2) is 24.2 Å². The summed E-state index contributed by atoms with van der Waals surface area (Å²) in [5.41, 5.74) is 4.65. The van der Waals surface area contributed by atoms with Gasteiger partial charge in [0, 0.05) is 0 Å². The number of nitrogens with zero attached hydrogens (tertiary/aromatic N) is 1. The first kappa shape index (κ1) is 25.1. The van der Waals surface area contributed by atoms with Crippen molar-refractivity contribution in [2.45, 2.75) is 26.4 Å². The van der Waals surface area contributed by atoms with Crippen LogP contribution in [0, 0.1) is 6.92 Å². The maximum absolute atomic E-state index is 12.7. The van der Waals surface area contributed by atoms with Crippen molar-refractivity contribution < 1.29 is 19.1 Å². The number of hydrazone groups is 1. The van der Waals surface area contributed by atoms with E-state index in [2.05, 4.69) is 26.5 Å². The van der Waals surface area contributed by atoms with Crippen LogP contribution in [0.3, 0.4) is 0 Å². The molecule has 6 nitrogen and oxygen atoms in total. The van der Waals surface area contributed by atoms with Crippen LogP contribution < -0.4 is 14.9 Å². The lowest BCUT2D eigenvalue weighted by Gasteiger charge is -2.17. The van der Waals surface area contributed by atoms with Crippen molar-refractivity contribution in [3.63, 3.8) is 0 Å². The van der Waals surface area contributed by atoms with Gasteiger partial charge in [-0.2, -0.15) is 5.10 Å². The van der Waals surface area contributed by atoms with Gasteiger partial charge in [-0.05, 0) is 87.6 Å². The summed E-state index contributed by atoms with van der Waals surface area (Å²) in [6.45, 7) is 3.74. The van der Waals surface area contributed by atoms with E-state index in [4.69, 9.17) is 9.47 Å². The first-order valence-electron chi connectivity index (χ1n) is 11.5. The molecule has 0 heterocycles. The molecule has 0 unspecified atom stereocenters. The van der Waals surface area contributed by atoms with Gasteiger partial charge >= 0.3 is 5.97 Å². The highest BCUT2D eigenvalue weighted by Gasteiger charge is 2.20. The van der Waals surface area contributed by atoms with Crippen LogP contribution in [-0.2, 0) is 4.79 Å². The third-order valence-corrected chi connectivity index (χ3v) is 6.42. The van der Waals surface area contributed by atoms with Gasteiger partial charge in [0.2, 0.25) is 0 Å². The third-order valence-electron chi connectivity index (χ3n) is 5.60. The minimum atomic E-state index is -0.706. The van der Waals surface area contributed by atoms with E-state index in [1.54, 1.807) is 36.4 Å². The standard InChI is InChI=1S/C29H25BrN2O4/c1-3-25(36-26-17-14-21-9-5-7-11-24(21)27(26)30)28(33)32-31-18-20-12-15-22(16-13-20)35-29(34)23-10-6-4-8-19(23)2/h4-18,25H,3H2,1-2H3,(H,32,33)/b31-18-/t25-/m0/s1. The molecule has 4 rings (SSSR count). The van der Waals surface area contributed by atoms with Gasteiger partial charge in [-0.15, -0.1) is 0 Å². The number of aryl methyl sites for hydroxylation is 1. The first-order chi connectivity index (χ1) is 17.5. The van der Waals surface area contributed by atoms with Gasteiger partial charge in [-0.3, -0.25) is 4.79 Å². The van der Waals surface area contributed by atoms with Gasteiger partial charge in [0.05, 0.1) is 16.3 Å². The van der Waals surface area contributed by atoms with E-state index in [1.165, 1.54) is 6.21 Å². The highest BCUT2D eigenvalue weighted by molar-refractivity contribution is 9.10. The molecule has 0 spiro atoms. The van der Waals surface area contributed by atoms with Gasteiger partial charge in [-0.1, -0.05) is 55.5 Å². The second kappa shape index (κ2) is 11.6. The van der Waals surface area contributed by atoms with Crippen LogP contribution in [0.1, 0.15) is 34.8 Å². The lowest BCUT2D eigenvalue weighted by Crippen LogP contribution is -2.35. The second-order valence-electron chi connectivity index (χ2n) is 8.12. The number of rotatable bonds is 8. The number of nitrogens with one attached hydrogen (secondary N) is 1. The van der Waals surface area contributed by atoms with Gasteiger partial charge in [0.1, 0.15) is 11.5 Å². The maximum Gasteiger partial charge on any atom is 0.343 e. The topological polar surface area (TPSA) is 77.0 Å². The fourth-order valence-corrected chi connectivity index (χ4v) is 4.20. The average Bonchev–Trinajstić information content (AvgIpc) is 2.89. The number of halogens is 1. The van der Waals surface area contributed by atoms with Crippen molar-refractivity contribution >= 4 is 44.8 Å². The maximum atomic E-state index is 12.7. The molecular formula is C29H25BrN2O4. The van der Waals surface area contributed by atoms with Crippen molar-refractivity contribution in [3.8, 4) is 11.5 Å². The molecule has 0 saturated heterocycles. The molecule has 0 aliphatic rings. The zero-order valence-corrected chi connectivity index (χ0v) is 21.5. The molecule has 0 aliphatic heterocycles. The lowest BCUT2D eigenvalue weighted by atomic mass is 10.1.